The van der Waals surface area contributed by atoms with Crippen LogP contribution in [0.15, 0.2) is 41.1 Å². The Morgan fingerprint density at radius 3 is 3.00 bits per heavy atom. The minimum absolute atomic E-state index is 0.0163. The lowest BCUT2D eigenvalue weighted by atomic mass is 9.83. The molecule has 4 heterocycles. The van der Waals surface area contributed by atoms with E-state index in [1.807, 2.05) is 18.3 Å². The molecule has 5 rings (SSSR count). The second kappa shape index (κ2) is 7.33. The highest BCUT2D eigenvalue weighted by Crippen LogP contribution is 2.34. The summed E-state index contributed by atoms with van der Waals surface area (Å²) in [4.78, 5) is 23.1. The molecule has 28 heavy (non-hydrogen) atoms. The number of hydrogen-bond acceptors (Lipinski definition) is 5. The number of oxazole rings is 1. The van der Waals surface area contributed by atoms with E-state index in [1.54, 1.807) is 0 Å². The predicted molar refractivity (Wildman–Crippen MR) is 111 cm³/mol. The van der Waals surface area contributed by atoms with Crippen LogP contribution in [0, 0.1) is 12.8 Å². The highest BCUT2D eigenvalue weighted by molar-refractivity contribution is 7.19. The largest absolute Gasteiger partial charge is 0.438 e. The number of aryl methyl sites for hydroxylation is 1. The van der Waals surface area contributed by atoms with Crippen molar-refractivity contribution in [1.29, 1.82) is 0 Å². The third-order valence-corrected chi connectivity index (χ3v) is 7.31. The Bertz CT molecular complexity index is 962. The average molecular weight is 396 g/mol. The van der Waals surface area contributed by atoms with Crippen molar-refractivity contribution in [3.63, 3.8) is 0 Å². The Hall–Kier alpha value is -2.18. The predicted octanol–water partition coefficient (Wildman–Crippen LogP) is 4.32. The van der Waals surface area contributed by atoms with Gasteiger partial charge in [-0.25, -0.2) is 4.98 Å². The van der Waals surface area contributed by atoms with Crippen LogP contribution < -0.4 is 0 Å². The monoisotopic (exact) mass is 395 g/mol. The fraction of sp³-hybridized carbons (Fsp3) is 0.455. The lowest BCUT2D eigenvalue weighted by molar-refractivity contribution is 0.0165. The molecule has 0 N–H and O–H groups in total. The fourth-order valence-electron chi connectivity index (χ4n) is 4.85. The Labute approximate surface area is 169 Å². The first-order valence-electron chi connectivity index (χ1n) is 10.1. The molecule has 0 unspecified atom stereocenters. The maximum atomic E-state index is 13.0. The molecule has 0 radical (unpaired) electrons. The van der Waals surface area contributed by atoms with Gasteiger partial charge in [0.15, 0.2) is 6.39 Å². The van der Waals surface area contributed by atoms with Crippen LogP contribution >= 0.6 is 11.3 Å². The van der Waals surface area contributed by atoms with E-state index in [9.17, 15) is 4.79 Å². The van der Waals surface area contributed by atoms with Crippen molar-refractivity contribution < 1.29 is 9.21 Å². The van der Waals surface area contributed by atoms with Crippen LogP contribution in [0.4, 0.5) is 0 Å². The maximum Gasteiger partial charge on any atom is 0.291 e. The Morgan fingerprint density at radius 1 is 1.29 bits per heavy atom. The van der Waals surface area contributed by atoms with Gasteiger partial charge in [0.05, 0.1) is 5.69 Å². The van der Waals surface area contributed by atoms with Crippen molar-refractivity contribution in [2.24, 2.45) is 5.92 Å². The summed E-state index contributed by atoms with van der Waals surface area (Å²) in [7, 11) is 0. The molecule has 0 spiro atoms. The summed E-state index contributed by atoms with van der Waals surface area (Å²) in [6, 6.07) is 11.3. The van der Waals surface area contributed by atoms with Crippen LogP contribution in [0.1, 0.15) is 40.4 Å². The molecule has 2 saturated heterocycles. The van der Waals surface area contributed by atoms with Gasteiger partial charge >= 0.3 is 0 Å². The van der Waals surface area contributed by atoms with Gasteiger partial charge in [-0.1, -0.05) is 18.2 Å². The Morgan fingerprint density at radius 2 is 2.18 bits per heavy atom. The highest BCUT2D eigenvalue weighted by Gasteiger charge is 2.39. The van der Waals surface area contributed by atoms with Crippen molar-refractivity contribution in [3.05, 3.63) is 53.1 Å². The van der Waals surface area contributed by atoms with E-state index in [0.29, 0.717) is 23.4 Å². The molecule has 0 aliphatic carbocycles. The van der Waals surface area contributed by atoms with Crippen molar-refractivity contribution in [3.8, 4) is 0 Å². The third kappa shape index (κ3) is 3.25. The summed E-state index contributed by atoms with van der Waals surface area (Å²) < 4.78 is 6.74. The molecule has 2 aromatic heterocycles. The fourth-order valence-corrected chi connectivity index (χ4v) is 5.95. The number of thiophene rings is 1. The minimum atomic E-state index is 0.0163. The highest BCUT2D eigenvalue weighted by atomic mass is 32.1. The number of nitrogens with zero attached hydrogens (tertiary/aromatic N) is 3. The number of likely N-dealkylation sites (tertiary alicyclic amines) is 2. The number of hydrogen-bond donors (Lipinski definition) is 0. The molecular weight excluding hydrogens is 370 g/mol. The lowest BCUT2D eigenvalue weighted by Gasteiger charge is -2.47. The first-order chi connectivity index (χ1) is 13.7. The molecule has 2 atom stereocenters. The van der Waals surface area contributed by atoms with Gasteiger partial charge in [0.2, 0.25) is 5.76 Å². The van der Waals surface area contributed by atoms with E-state index in [1.165, 1.54) is 27.8 Å². The second-order valence-corrected chi connectivity index (χ2v) is 9.18. The molecule has 3 aromatic rings. The number of aromatic nitrogens is 1. The number of fused-ring (bicyclic) bond motifs is 2. The number of benzene rings is 1. The van der Waals surface area contributed by atoms with E-state index in [-0.39, 0.29) is 5.91 Å². The summed E-state index contributed by atoms with van der Waals surface area (Å²) >= 11 is 1.90. The number of carbonyl (C=O) groups excluding carboxylic acids is 1. The quantitative estimate of drug-likeness (QED) is 0.663. The van der Waals surface area contributed by atoms with Gasteiger partial charge in [-0.3, -0.25) is 9.69 Å². The van der Waals surface area contributed by atoms with E-state index < -0.39 is 0 Å². The summed E-state index contributed by atoms with van der Waals surface area (Å²) in [6.45, 7) is 5.78. The van der Waals surface area contributed by atoms with Crippen molar-refractivity contribution in [2.45, 2.75) is 38.8 Å². The van der Waals surface area contributed by atoms with Crippen LogP contribution in [-0.2, 0) is 6.54 Å². The third-order valence-electron chi connectivity index (χ3n) is 6.21. The molecule has 146 valence electrons. The Kier molecular flexibility index (Phi) is 4.69. The van der Waals surface area contributed by atoms with Gasteiger partial charge in [0.1, 0.15) is 0 Å². The Balaban J connectivity index is 1.28. The van der Waals surface area contributed by atoms with Gasteiger partial charge in [0.25, 0.3) is 5.91 Å². The van der Waals surface area contributed by atoms with Crippen molar-refractivity contribution in [1.82, 2.24) is 14.8 Å². The van der Waals surface area contributed by atoms with Crippen LogP contribution in [-0.4, -0.2) is 46.4 Å². The van der Waals surface area contributed by atoms with Gasteiger partial charge in [-0.2, -0.15) is 0 Å². The number of carbonyl (C=O) groups is 1. The van der Waals surface area contributed by atoms with Gasteiger partial charge < -0.3 is 9.32 Å². The normalized spacial score (nSPS) is 23.1. The van der Waals surface area contributed by atoms with Crippen LogP contribution in [0.5, 0.6) is 0 Å². The van der Waals surface area contributed by atoms with Gasteiger partial charge in [0, 0.05) is 41.8 Å². The molecule has 5 nitrogen and oxygen atoms in total. The molecule has 6 heteroatoms. The van der Waals surface area contributed by atoms with Crippen LogP contribution in [0.2, 0.25) is 0 Å². The zero-order valence-corrected chi connectivity index (χ0v) is 17.0. The standard InChI is InChI=1S/C22H25N3O2S/c1-15-21(27-14-23-15)22(26)25-9-4-6-17-12-24(10-8-19(17)25)13-18-11-16-5-2-3-7-20(16)28-18/h2-3,5,7,11,14,17,19H,4,6,8-10,12-13H2,1H3/t17-,19+/m1/s1. The van der Waals surface area contributed by atoms with Gasteiger partial charge in [-0.05, 0) is 49.6 Å². The topological polar surface area (TPSA) is 49.6 Å². The zero-order chi connectivity index (χ0) is 19.1. The number of piperidine rings is 2. The SMILES string of the molecule is Cc1ncoc1C(=O)N1CCC[C@@H]2CN(Cc3cc4ccccc4s3)CC[C@@H]21. The molecule has 0 saturated carbocycles. The van der Waals surface area contributed by atoms with E-state index in [0.717, 1.165) is 39.0 Å². The average Bonchev–Trinajstić information content (AvgIpc) is 3.32. The second-order valence-electron chi connectivity index (χ2n) is 8.01. The maximum absolute atomic E-state index is 13.0. The van der Waals surface area contributed by atoms with Gasteiger partial charge in [-0.15, -0.1) is 11.3 Å². The summed E-state index contributed by atoms with van der Waals surface area (Å²) in [5.41, 5.74) is 0.689. The van der Waals surface area contributed by atoms with Crippen LogP contribution in [0.3, 0.4) is 0 Å². The van der Waals surface area contributed by atoms with E-state index in [2.05, 4.69) is 45.1 Å². The molecule has 2 aliphatic rings. The molecule has 2 aliphatic heterocycles. The minimum Gasteiger partial charge on any atom is -0.438 e. The molecule has 1 aromatic carbocycles. The molecule has 2 fully saturated rings. The number of rotatable bonds is 3. The smallest absolute Gasteiger partial charge is 0.291 e. The molecule has 0 bridgehead atoms. The lowest BCUT2D eigenvalue weighted by Crippen LogP contribution is -2.55. The van der Waals surface area contributed by atoms with Crippen molar-refractivity contribution in [2.75, 3.05) is 19.6 Å². The summed E-state index contributed by atoms with van der Waals surface area (Å²) in [6.07, 6.45) is 4.68. The van der Waals surface area contributed by atoms with Crippen LogP contribution in [0.25, 0.3) is 10.1 Å². The van der Waals surface area contributed by atoms with E-state index >= 15 is 0 Å². The first kappa shape index (κ1) is 17.9. The van der Waals surface area contributed by atoms with Crippen molar-refractivity contribution >= 4 is 27.3 Å². The summed E-state index contributed by atoms with van der Waals surface area (Å²) in [5.74, 6) is 0.972. The summed E-state index contributed by atoms with van der Waals surface area (Å²) in [5, 5.41) is 1.34. The van der Waals surface area contributed by atoms with E-state index in [4.69, 9.17) is 4.42 Å². The first-order valence-corrected chi connectivity index (χ1v) is 10.9. The molecular formula is C22H25N3O2S. The zero-order valence-electron chi connectivity index (χ0n) is 16.1. The number of amides is 1. The molecule has 1 amide bonds.